The number of hydrogen-bond donors (Lipinski definition) is 1. The Bertz CT molecular complexity index is 875. The van der Waals surface area contributed by atoms with Gasteiger partial charge in [0.2, 0.25) is 0 Å². The normalized spacial score (nSPS) is 20.5. The lowest BCUT2D eigenvalue weighted by molar-refractivity contribution is -0.199. The van der Waals surface area contributed by atoms with Crippen LogP contribution >= 0.6 is 0 Å². The molecule has 1 saturated heterocycles. The summed E-state index contributed by atoms with van der Waals surface area (Å²) in [6, 6.07) is 10.9. The maximum atomic E-state index is 12.9. The van der Waals surface area contributed by atoms with E-state index in [-0.39, 0.29) is 18.1 Å². The quantitative estimate of drug-likeness (QED) is 0.874. The Hall–Kier alpha value is -2.93. The van der Waals surface area contributed by atoms with E-state index in [0.717, 1.165) is 24.8 Å². The van der Waals surface area contributed by atoms with Gasteiger partial charge in [-0.1, -0.05) is 17.7 Å². The van der Waals surface area contributed by atoms with Gasteiger partial charge in [0.05, 0.1) is 24.9 Å². The highest BCUT2D eigenvalue weighted by atomic mass is 16.5. The molecule has 146 valence electrons. The smallest absolute Gasteiger partial charge is 0.334 e. The van der Waals surface area contributed by atoms with Crippen LogP contribution in [0.3, 0.4) is 0 Å². The van der Waals surface area contributed by atoms with Crippen LogP contribution < -0.4 is 4.74 Å². The molecular formula is C21H22N2O5. The first kappa shape index (κ1) is 18.4. The summed E-state index contributed by atoms with van der Waals surface area (Å²) < 4.78 is 11.5. The fourth-order valence-corrected chi connectivity index (χ4v) is 3.59. The number of nitrogens with zero attached hydrogens (tertiary/aromatic N) is 2. The van der Waals surface area contributed by atoms with Gasteiger partial charge in [0.15, 0.2) is 6.10 Å². The summed E-state index contributed by atoms with van der Waals surface area (Å²) in [4.78, 5) is 30.1. The van der Waals surface area contributed by atoms with Crippen molar-refractivity contribution in [3.8, 4) is 11.5 Å². The summed E-state index contributed by atoms with van der Waals surface area (Å²) in [5.41, 5.74) is 0.878. The molecule has 2 heterocycles. The topological polar surface area (TPSA) is 89.0 Å². The molecule has 4 rings (SSSR count). The van der Waals surface area contributed by atoms with E-state index in [0.29, 0.717) is 18.0 Å². The van der Waals surface area contributed by atoms with Crippen LogP contribution in [-0.4, -0.2) is 51.7 Å². The van der Waals surface area contributed by atoms with Crippen molar-refractivity contribution in [2.24, 2.45) is 0 Å². The second kappa shape index (κ2) is 7.24. The molecule has 1 saturated carbocycles. The van der Waals surface area contributed by atoms with Crippen LogP contribution in [0.15, 0.2) is 42.6 Å². The molecule has 2 fully saturated rings. The monoisotopic (exact) mass is 382 g/mol. The van der Waals surface area contributed by atoms with Gasteiger partial charge in [-0.15, -0.1) is 0 Å². The molecule has 1 amide bonds. The highest BCUT2D eigenvalue weighted by molar-refractivity contribution is 5.93. The number of morpholine rings is 1. The molecule has 1 atom stereocenters. The second-order valence-corrected chi connectivity index (χ2v) is 7.46. The number of benzene rings is 1. The van der Waals surface area contributed by atoms with Crippen molar-refractivity contribution >= 4 is 11.9 Å². The number of carboxylic acid groups (broad SMARTS) is 1. The minimum Gasteiger partial charge on any atom is -0.479 e. The highest BCUT2D eigenvalue weighted by Crippen LogP contribution is 2.40. The van der Waals surface area contributed by atoms with Gasteiger partial charge < -0.3 is 19.5 Å². The van der Waals surface area contributed by atoms with E-state index in [2.05, 4.69) is 4.98 Å². The number of ether oxygens (including phenoxy) is 2. The number of carbonyl (C=O) groups is 2. The molecule has 1 aromatic heterocycles. The summed E-state index contributed by atoms with van der Waals surface area (Å²) in [7, 11) is 0. The Kier molecular flexibility index (Phi) is 4.77. The number of carboxylic acids is 1. The van der Waals surface area contributed by atoms with Crippen molar-refractivity contribution in [2.75, 3.05) is 13.1 Å². The number of hydrogen-bond acceptors (Lipinski definition) is 5. The van der Waals surface area contributed by atoms with Crippen molar-refractivity contribution < 1.29 is 24.2 Å². The van der Waals surface area contributed by atoms with Crippen LogP contribution in [0.1, 0.15) is 35.3 Å². The van der Waals surface area contributed by atoms with Crippen molar-refractivity contribution in [2.45, 2.75) is 37.9 Å². The number of carbonyl (C=O) groups excluding carboxylic acids is 1. The number of rotatable bonds is 4. The maximum Gasteiger partial charge on any atom is 0.334 e. The third-order valence-electron chi connectivity index (χ3n) is 5.30. The lowest BCUT2D eigenvalue weighted by atomic mass is 9.78. The van der Waals surface area contributed by atoms with Crippen LogP contribution in [0.2, 0.25) is 0 Å². The third-order valence-corrected chi connectivity index (χ3v) is 5.30. The Morgan fingerprint density at radius 3 is 2.46 bits per heavy atom. The first-order chi connectivity index (χ1) is 13.4. The lowest BCUT2D eigenvalue weighted by Crippen LogP contribution is -2.61. The van der Waals surface area contributed by atoms with Crippen molar-refractivity contribution in [3.05, 3.63) is 53.9 Å². The molecular weight excluding hydrogens is 360 g/mol. The molecule has 0 bridgehead atoms. The number of pyridine rings is 1. The first-order valence-corrected chi connectivity index (χ1v) is 9.35. The Morgan fingerprint density at radius 1 is 1.18 bits per heavy atom. The second-order valence-electron chi connectivity index (χ2n) is 7.46. The molecule has 1 spiro atoms. The van der Waals surface area contributed by atoms with Crippen molar-refractivity contribution in [1.29, 1.82) is 0 Å². The van der Waals surface area contributed by atoms with Gasteiger partial charge in [0, 0.05) is 0 Å². The van der Waals surface area contributed by atoms with Gasteiger partial charge in [-0.2, -0.15) is 0 Å². The standard InChI is InChI=1S/C21H22N2O5/c1-14-3-5-15(6-4-14)27-16-7-8-17(22-11-16)19(24)23-12-18(20(25)26)28-21(13-23)9-2-10-21/h3-8,11,18H,2,9-10,12-13H2,1H3,(H,25,26). The zero-order valence-corrected chi connectivity index (χ0v) is 15.6. The van der Waals surface area contributed by atoms with E-state index in [1.165, 1.54) is 6.20 Å². The SMILES string of the molecule is Cc1ccc(Oc2ccc(C(=O)N3CC(C(=O)O)OC4(CCC4)C3)nc2)cc1. The molecule has 1 N–H and O–H groups in total. The molecule has 1 aliphatic carbocycles. The molecule has 2 aromatic rings. The predicted octanol–water partition coefficient (Wildman–Crippen LogP) is 3.03. The van der Waals surface area contributed by atoms with E-state index in [1.807, 2.05) is 31.2 Å². The van der Waals surface area contributed by atoms with Gasteiger partial charge in [-0.3, -0.25) is 4.79 Å². The summed E-state index contributed by atoms with van der Waals surface area (Å²) >= 11 is 0. The summed E-state index contributed by atoms with van der Waals surface area (Å²) in [6.07, 6.45) is 3.04. The van der Waals surface area contributed by atoms with Gasteiger partial charge in [0.1, 0.15) is 17.2 Å². The molecule has 7 nitrogen and oxygen atoms in total. The predicted molar refractivity (Wildman–Crippen MR) is 100 cm³/mol. The number of aliphatic carboxylic acids is 1. The average Bonchev–Trinajstić information content (AvgIpc) is 2.68. The largest absolute Gasteiger partial charge is 0.479 e. The van der Waals surface area contributed by atoms with Gasteiger partial charge in [-0.05, 0) is 50.5 Å². The van der Waals surface area contributed by atoms with Gasteiger partial charge >= 0.3 is 5.97 Å². The lowest BCUT2D eigenvalue weighted by Gasteiger charge is -2.50. The van der Waals surface area contributed by atoms with Crippen molar-refractivity contribution in [1.82, 2.24) is 9.88 Å². The maximum absolute atomic E-state index is 12.9. The van der Waals surface area contributed by atoms with Crippen LogP contribution in [-0.2, 0) is 9.53 Å². The third kappa shape index (κ3) is 3.71. The number of amides is 1. The fourth-order valence-electron chi connectivity index (χ4n) is 3.59. The summed E-state index contributed by atoms with van der Waals surface area (Å²) in [5.74, 6) is -0.113. The van der Waals surface area contributed by atoms with Crippen LogP contribution in [0.4, 0.5) is 0 Å². The fraction of sp³-hybridized carbons (Fsp3) is 0.381. The van der Waals surface area contributed by atoms with Crippen LogP contribution in [0, 0.1) is 6.92 Å². The first-order valence-electron chi connectivity index (χ1n) is 9.35. The molecule has 0 radical (unpaired) electrons. The van der Waals surface area contributed by atoms with Crippen molar-refractivity contribution in [3.63, 3.8) is 0 Å². The minimum atomic E-state index is -1.04. The van der Waals surface area contributed by atoms with E-state index in [1.54, 1.807) is 17.0 Å². The Morgan fingerprint density at radius 2 is 1.89 bits per heavy atom. The Labute approximate surface area is 162 Å². The van der Waals surface area contributed by atoms with Gasteiger partial charge in [-0.25, -0.2) is 9.78 Å². The van der Waals surface area contributed by atoms with Crippen LogP contribution in [0.5, 0.6) is 11.5 Å². The number of aromatic nitrogens is 1. The van der Waals surface area contributed by atoms with Crippen LogP contribution in [0.25, 0.3) is 0 Å². The van der Waals surface area contributed by atoms with E-state index < -0.39 is 17.7 Å². The molecule has 1 aliphatic heterocycles. The highest BCUT2D eigenvalue weighted by Gasteiger charge is 2.48. The zero-order valence-electron chi connectivity index (χ0n) is 15.6. The minimum absolute atomic E-state index is 0.0270. The molecule has 2 aliphatic rings. The van der Waals surface area contributed by atoms with E-state index in [4.69, 9.17) is 9.47 Å². The zero-order chi connectivity index (χ0) is 19.7. The Balaban J connectivity index is 1.46. The average molecular weight is 382 g/mol. The molecule has 28 heavy (non-hydrogen) atoms. The van der Waals surface area contributed by atoms with E-state index >= 15 is 0 Å². The molecule has 1 aromatic carbocycles. The van der Waals surface area contributed by atoms with E-state index in [9.17, 15) is 14.7 Å². The molecule has 7 heteroatoms. The number of aryl methyl sites for hydroxylation is 1. The molecule has 1 unspecified atom stereocenters. The summed E-state index contributed by atoms with van der Waals surface area (Å²) in [6.45, 7) is 2.43. The summed E-state index contributed by atoms with van der Waals surface area (Å²) in [5, 5.41) is 9.36. The van der Waals surface area contributed by atoms with Gasteiger partial charge in [0.25, 0.3) is 5.91 Å².